The molecule has 4 N–H and O–H groups in total. The molecule has 0 bridgehead atoms. The van der Waals surface area contributed by atoms with Gasteiger partial charge in [0.05, 0.1) is 18.2 Å². The molecule has 1 aromatic heterocycles. The van der Waals surface area contributed by atoms with Crippen molar-refractivity contribution in [1.29, 1.82) is 0 Å². The number of hydrogen-bond acceptors (Lipinski definition) is 2. The van der Waals surface area contributed by atoms with Gasteiger partial charge in [0.15, 0.2) is 5.96 Å². The van der Waals surface area contributed by atoms with Crippen molar-refractivity contribution in [2.45, 2.75) is 0 Å². The molecule has 0 aliphatic rings. The van der Waals surface area contributed by atoms with Crippen LogP contribution in [0.4, 0.5) is 5.69 Å². The molecular formula is C11H14ClN5. The molecular weight excluding hydrogens is 238 g/mol. The van der Waals surface area contributed by atoms with Gasteiger partial charge in [-0.05, 0) is 17.7 Å². The Hall–Kier alpha value is -2.01. The van der Waals surface area contributed by atoms with E-state index in [0.29, 0.717) is 5.96 Å². The van der Waals surface area contributed by atoms with Gasteiger partial charge in [0, 0.05) is 12.7 Å². The van der Waals surface area contributed by atoms with Crippen LogP contribution in [0, 0.1) is 0 Å². The summed E-state index contributed by atoms with van der Waals surface area (Å²) in [5.41, 5.74) is 8.54. The Kier molecular flexibility index (Phi) is 4.54. The van der Waals surface area contributed by atoms with Crippen LogP contribution < -0.4 is 11.1 Å². The van der Waals surface area contributed by atoms with Crippen molar-refractivity contribution < 1.29 is 0 Å². The Balaban J connectivity index is 0.00000144. The van der Waals surface area contributed by atoms with Crippen molar-refractivity contribution >= 4 is 24.1 Å². The Morgan fingerprint density at radius 2 is 2.06 bits per heavy atom. The molecule has 0 saturated carbocycles. The first-order valence-corrected chi connectivity index (χ1v) is 4.87. The number of nitrogens with one attached hydrogen (secondary N) is 2. The van der Waals surface area contributed by atoms with Crippen LogP contribution in [0.25, 0.3) is 11.3 Å². The molecule has 0 radical (unpaired) electrons. The molecule has 1 aromatic carbocycles. The number of halogens is 1. The number of nitrogens with zero attached hydrogens (tertiary/aromatic N) is 2. The predicted molar refractivity (Wildman–Crippen MR) is 72.4 cm³/mol. The smallest absolute Gasteiger partial charge is 0.192 e. The summed E-state index contributed by atoms with van der Waals surface area (Å²) in [5.74, 6) is 0.397. The lowest BCUT2D eigenvalue weighted by Crippen LogP contribution is -2.21. The van der Waals surface area contributed by atoms with E-state index in [1.54, 1.807) is 19.6 Å². The maximum absolute atomic E-state index is 5.56. The summed E-state index contributed by atoms with van der Waals surface area (Å²) in [6, 6.07) is 7.85. The number of nitrogens with two attached hydrogens (primary N) is 1. The fourth-order valence-corrected chi connectivity index (χ4v) is 1.35. The van der Waals surface area contributed by atoms with Crippen LogP contribution >= 0.6 is 12.4 Å². The zero-order chi connectivity index (χ0) is 11.4. The van der Waals surface area contributed by atoms with Crippen LogP contribution in [0.3, 0.4) is 0 Å². The van der Waals surface area contributed by atoms with Gasteiger partial charge in [-0.25, -0.2) is 4.98 Å². The molecule has 2 aromatic rings. The Labute approximate surface area is 106 Å². The third kappa shape index (κ3) is 3.22. The van der Waals surface area contributed by atoms with Crippen LogP contribution in [0.2, 0.25) is 0 Å². The van der Waals surface area contributed by atoms with E-state index in [9.17, 15) is 0 Å². The fraction of sp³-hybridized carbons (Fsp3) is 0.0909. The highest BCUT2D eigenvalue weighted by Gasteiger charge is 1.99. The average molecular weight is 252 g/mol. The normalized spacial score (nSPS) is 10.8. The molecule has 6 heteroatoms. The summed E-state index contributed by atoms with van der Waals surface area (Å²) in [6.07, 6.45) is 3.44. The maximum Gasteiger partial charge on any atom is 0.192 e. The number of anilines is 1. The van der Waals surface area contributed by atoms with Gasteiger partial charge < -0.3 is 16.0 Å². The lowest BCUT2D eigenvalue weighted by Gasteiger charge is -2.05. The SMILES string of the molecule is CN=C(N)Nc1ccc(-c2cnc[nH]2)cc1.Cl. The summed E-state index contributed by atoms with van der Waals surface area (Å²) in [7, 11) is 1.64. The molecule has 0 aliphatic carbocycles. The first kappa shape index (κ1) is 13.1. The zero-order valence-electron chi connectivity index (χ0n) is 9.34. The minimum absolute atomic E-state index is 0. The second kappa shape index (κ2) is 5.91. The van der Waals surface area contributed by atoms with Crippen molar-refractivity contribution in [1.82, 2.24) is 9.97 Å². The molecule has 0 amide bonds. The van der Waals surface area contributed by atoms with E-state index < -0.39 is 0 Å². The van der Waals surface area contributed by atoms with E-state index in [0.717, 1.165) is 16.9 Å². The molecule has 5 nitrogen and oxygen atoms in total. The molecule has 0 unspecified atom stereocenters. The number of aromatic amines is 1. The Morgan fingerprint density at radius 1 is 1.35 bits per heavy atom. The third-order valence-corrected chi connectivity index (χ3v) is 2.21. The highest BCUT2D eigenvalue weighted by molar-refractivity contribution is 5.92. The first-order chi connectivity index (χ1) is 7.79. The first-order valence-electron chi connectivity index (χ1n) is 4.87. The standard InChI is InChI=1S/C11H13N5.ClH/c1-13-11(12)16-9-4-2-8(3-5-9)10-6-14-7-15-10;/h2-7H,1H3,(H,14,15)(H3,12,13,16);1H. The Morgan fingerprint density at radius 3 is 2.59 bits per heavy atom. The number of aromatic nitrogens is 2. The number of guanidine groups is 1. The largest absolute Gasteiger partial charge is 0.370 e. The zero-order valence-corrected chi connectivity index (χ0v) is 10.2. The molecule has 0 aliphatic heterocycles. The Bertz CT molecular complexity index is 475. The monoisotopic (exact) mass is 251 g/mol. The van der Waals surface area contributed by atoms with Crippen LogP contribution in [-0.2, 0) is 0 Å². The summed E-state index contributed by atoms with van der Waals surface area (Å²) >= 11 is 0. The second-order valence-corrected chi connectivity index (χ2v) is 3.28. The van der Waals surface area contributed by atoms with Gasteiger partial charge >= 0.3 is 0 Å². The average Bonchev–Trinajstić information content (AvgIpc) is 2.83. The predicted octanol–water partition coefficient (Wildman–Crippen LogP) is 1.85. The van der Waals surface area contributed by atoms with Crippen LogP contribution in [0.5, 0.6) is 0 Å². The molecule has 90 valence electrons. The molecule has 2 rings (SSSR count). The van der Waals surface area contributed by atoms with Crippen molar-refractivity contribution in [3.05, 3.63) is 36.8 Å². The summed E-state index contributed by atoms with van der Waals surface area (Å²) in [6.45, 7) is 0. The van der Waals surface area contributed by atoms with Crippen molar-refractivity contribution in [2.75, 3.05) is 12.4 Å². The van der Waals surface area contributed by atoms with E-state index >= 15 is 0 Å². The van der Waals surface area contributed by atoms with Gasteiger partial charge in [0.2, 0.25) is 0 Å². The highest BCUT2D eigenvalue weighted by atomic mass is 35.5. The third-order valence-electron chi connectivity index (χ3n) is 2.21. The number of benzene rings is 1. The van der Waals surface area contributed by atoms with Gasteiger partial charge in [-0.3, -0.25) is 4.99 Å². The van der Waals surface area contributed by atoms with Gasteiger partial charge in [-0.15, -0.1) is 12.4 Å². The molecule has 0 saturated heterocycles. The van der Waals surface area contributed by atoms with E-state index in [2.05, 4.69) is 20.3 Å². The van der Waals surface area contributed by atoms with Crippen molar-refractivity contribution in [2.24, 2.45) is 10.7 Å². The quantitative estimate of drug-likeness (QED) is 0.563. The minimum atomic E-state index is 0. The summed E-state index contributed by atoms with van der Waals surface area (Å²) < 4.78 is 0. The van der Waals surface area contributed by atoms with Gasteiger partial charge in [0.25, 0.3) is 0 Å². The van der Waals surface area contributed by atoms with E-state index in [4.69, 9.17) is 5.73 Å². The minimum Gasteiger partial charge on any atom is -0.370 e. The van der Waals surface area contributed by atoms with Crippen molar-refractivity contribution in [3.8, 4) is 11.3 Å². The molecule has 0 fully saturated rings. The van der Waals surface area contributed by atoms with Crippen LogP contribution in [0.15, 0.2) is 41.8 Å². The van der Waals surface area contributed by atoms with Gasteiger partial charge in [-0.2, -0.15) is 0 Å². The van der Waals surface area contributed by atoms with Crippen LogP contribution in [-0.4, -0.2) is 23.0 Å². The van der Waals surface area contributed by atoms with E-state index in [-0.39, 0.29) is 12.4 Å². The lowest BCUT2D eigenvalue weighted by atomic mass is 10.1. The maximum atomic E-state index is 5.56. The van der Waals surface area contributed by atoms with Crippen molar-refractivity contribution in [3.63, 3.8) is 0 Å². The highest BCUT2D eigenvalue weighted by Crippen LogP contribution is 2.18. The molecule has 17 heavy (non-hydrogen) atoms. The van der Waals surface area contributed by atoms with E-state index in [1.807, 2.05) is 24.3 Å². The topological polar surface area (TPSA) is 79.1 Å². The lowest BCUT2D eigenvalue weighted by molar-refractivity contribution is 1.31. The molecule has 0 spiro atoms. The summed E-state index contributed by atoms with van der Waals surface area (Å²) in [5, 5.41) is 2.97. The number of rotatable bonds is 2. The molecule has 0 atom stereocenters. The van der Waals surface area contributed by atoms with Gasteiger partial charge in [0.1, 0.15) is 0 Å². The second-order valence-electron chi connectivity index (χ2n) is 3.28. The number of hydrogen-bond donors (Lipinski definition) is 3. The fourth-order valence-electron chi connectivity index (χ4n) is 1.35. The van der Waals surface area contributed by atoms with Gasteiger partial charge in [-0.1, -0.05) is 12.1 Å². The number of H-pyrrole nitrogens is 1. The number of aliphatic imine (C=N–C) groups is 1. The summed E-state index contributed by atoms with van der Waals surface area (Å²) in [4.78, 5) is 10.8. The van der Waals surface area contributed by atoms with Crippen LogP contribution in [0.1, 0.15) is 0 Å². The van der Waals surface area contributed by atoms with E-state index in [1.165, 1.54) is 0 Å². The molecule has 1 heterocycles. The number of imidazole rings is 1.